The Kier molecular flexibility index (Phi) is 11.8. The molecule has 0 amide bonds. The summed E-state index contributed by atoms with van der Waals surface area (Å²) in [6.07, 6.45) is -4.05. The Hall–Kier alpha value is -3.56. The normalized spacial score (nSPS) is 22.6. The summed E-state index contributed by atoms with van der Waals surface area (Å²) in [7, 11) is 1.53. The van der Waals surface area contributed by atoms with Gasteiger partial charge in [-0.3, -0.25) is 0 Å². The monoisotopic (exact) mass is 698 g/mol. The third-order valence-corrected chi connectivity index (χ3v) is 9.67. The van der Waals surface area contributed by atoms with Crippen molar-refractivity contribution < 1.29 is 28.8 Å². The molecular formula is C41H40Cl2O6. The Morgan fingerprint density at radius 2 is 1.06 bits per heavy atom. The van der Waals surface area contributed by atoms with Crippen LogP contribution < -0.4 is 0 Å². The highest BCUT2D eigenvalue weighted by Gasteiger charge is 2.61. The molecule has 0 unspecified atom stereocenters. The summed E-state index contributed by atoms with van der Waals surface area (Å²) < 4.78 is 32.5. The smallest absolute Gasteiger partial charge is 0.186 e. The molecule has 5 aromatic carbocycles. The fourth-order valence-electron chi connectivity index (χ4n) is 6.46. The number of methoxy groups -OCH3 is 1. The molecule has 1 fully saturated rings. The van der Waals surface area contributed by atoms with Crippen LogP contribution in [0.15, 0.2) is 152 Å². The SMILES string of the molecule is CO[C@H]1O[C@H](COC(c2ccccc2)(c2ccccc2)c2ccccc2)[C@@](O)(C(Cl)Cl)[C@H](OCc2ccccc2)[C@H]1OCc1ccccc1. The van der Waals surface area contributed by atoms with Crippen molar-refractivity contribution in [3.8, 4) is 0 Å². The molecule has 8 heteroatoms. The van der Waals surface area contributed by atoms with E-state index in [0.717, 1.165) is 27.8 Å². The molecule has 0 aliphatic carbocycles. The van der Waals surface area contributed by atoms with Crippen LogP contribution in [0.4, 0.5) is 0 Å². The maximum Gasteiger partial charge on any atom is 0.186 e. The van der Waals surface area contributed by atoms with E-state index in [-0.39, 0.29) is 19.8 Å². The molecule has 0 spiro atoms. The third kappa shape index (κ3) is 7.63. The van der Waals surface area contributed by atoms with Crippen LogP contribution in [0.1, 0.15) is 27.8 Å². The Morgan fingerprint density at radius 3 is 1.47 bits per heavy atom. The average molecular weight is 700 g/mol. The van der Waals surface area contributed by atoms with E-state index in [4.69, 9.17) is 46.9 Å². The predicted octanol–water partition coefficient (Wildman–Crippen LogP) is 8.07. The van der Waals surface area contributed by atoms with E-state index < -0.39 is 40.6 Å². The first-order valence-electron chi connectivity index (χ1n) is 16.3. The second-order valence-electron chi connectivity index (χ2n) is 12.0. The van der Waals surface area contributed by atoms with Crippen molar-refractivity contribution in [1.82, 2.24) is 0 Å². The summed E-state index contributed by atoms with van der Waals surface area (Å²) in [5.41, 5.74) is 1.42. The first-order valence-corrected chi connectivity index (χ1v) is 17.1. The number of aliphatic hydroxyl groups is 1. The van der Waals surface area contributed by atoms with Gasteiger partial charge in [-0.2, -0.15) is 0 Å². The molecule has 1 heterocycles. The predicted molar refractivity (Wildman–Crippen MR) is 191 cm³/mol. The maximum absolute atomic E-state index is 12.7. The molecule has 6 nitrogen and oxygen atoms in total. The third-order valence-electron chi connectivity index (χ3n) is 8.97. The van der Waals surface area contributed by atoms with Gasteiger partial charge < -0.3 is 28.8 Å². The van der Waals surface area contributed by atoms with E-state index in [1.165, 1.54) is 7.11 Å². The van der Waals surface area contributed by atoms with Crippen molar-refractivity contribution >= 4 is 23.2 Å². The molecule has 5 atom stereocenters. The molecule has 49 heavy (non-hydrogen) atoms. The first-order chi connectivity index (χ1) is 24.0. The Labute approximate surface area is 298 Å². The zero-order valence-electron chi connectivity index (χ0n) is 27.2. The molecule has 0 radical (unpaired) electrons. The van der Waals surface area contributed by atoms with Crippen LogP contribution in [0.3, 0.4) is 0 Å². The molecule has 254 valence electrons. The van der Waals surface area contributed by atoms with Gasteiger partial charge >= 0.3 is 0 Å². The van der Waals surface area contributed by atoms with Crippen molar-refractivity contribution in [2.75, 3.05) is 13.7 Å². The fraction of sp³-hybridized carbons (Fsp3) is 0.268. The number of halogens is 2. The van der Waals surface area contributed by atoms with Gasteiger partial charge in [-0.25, -0.2) is 0 Å². The fourth-order valence-corrected chi connectivity index (χ4v) is 6.98. The minimum Gasteiger partial charge on any atom is -0.381 e. The van der Waals surface area contributed by atoms with E-state index in [0.29, 0.717) is 0 Å². The van der Waals surface area contributed by atoms with E-state index in [2.05, 4.69) is 0 Å². The summed E-state index contributed by atoms with van der Waals surface area (Å²) in [5.74, 6) is 0. The summed E-state index contributed by atoms with van der Waals surface area (Å²) in [6, 6.07) is 49.3. The van der Waals surface area contributed by atoms with Gasteiger partial charge in [0.15, 0.2) is 11.9 Å². The van der Waals surface area contributed by atoms with Crippen molar-refractivity contribution in [3.63, 3.8) is 0 Å². The standard InChI is InChI=1S/C41H40Cl2O6/c1-45-38-36(46-27-30-17-7-2-8-18-30)37(47-28-31-19-9-3-10-20-31)40(44,39(42)43)35(49-38)29-48-41(32-21-11-4-12-22-32,33-23-13-5-14-24-33)34-25-15-6-16-26-34/h2-26,35-39,44H,27-29H2,1H3/t35-,36-,37-,38+,40+/m1/s1. The van der Waals surface area contributed by atoms with Gasteiger partial charge in [0, 0.05) is 7.11 Å². The number of ether oxygens (including phenoxy) is 5. The van der Waals surface area contributed by atoms with Gasteiger partial charge in [0.05, 0.1) is 19.8 Å². The number of hydrogen-bond acceptors (Lipinski definition) is 6. The lowest BCUT2D eigenvalue weighted by molar-refractivity contribution is -0.344. The molecule has 1 saturated heterocycles. The van der Waals surface area contributed by atoms with E-state index >= 15 is 0 Å². The quantitative estimate of drug-likeness (QED) is 0.0935. The summed E-state index contributed by atoms with van der Waals surface area (Å²) >= 11 is 13.5. The lowest BCUT2D eigenvalue weighted by Gasteiger charge is -2.52. The zero-order valence-corrected chi connectivity index (χ0v) is 28.7. The Morgan fingerprint density at radius 1 is 0.653 bits per heavy atom. The topological polar surface area (TPSA) is 66.4 Å². The van der Waals surface area contributed by atoms with Gasteiger partial charge in [0.25, 0.3) is 0 Å². The minimum atomic E-state index is -2.00. The molecule has 1 aliphatic rings. The highest BCUT2D eigenvalue weighted by molar-refractivity contribution is 6.45. The van der Waals surface area contributed by atoms with Crippen LogP contribution in [-0.4, -0.2) is 53.9 Å². The average Bonchev–Trinajstić information content (AvgIpc) is 3.16. The Balaban J connectivity index is 1.40. The van der Waals surface area contributed by atoms with Crippen molar-refractivity contribution in [3.05, 3.63) is 179 Å². The van der Waals surface area contributed by atoms with E-state index in [9.17, 15) is 5.11 Å². The van der Waals surface area contributed by atoms with Gasteiger partial charge in [0.1, 0.15) is 28.7 Å². The molecule has 0 aromatic heterocycles. The van der Waals surface area contributed by atoms with Crippen LogP contribution in [0.5, 0.6) is 0 Å². The maximum atomic E-state index is 12.7. The molecular weight excluding hydrogens is 659 g/mol. The van der Waals surface area contributed by atoms with Crippen LogP contribution >= 0.6 is 23.2 Å². The summed E-state index contributed by atoms with van der Waals surface area (Å²) in [4.78, 5) is -1.36. The Bertz CT molecular complexity index is 1600. The molecule has 5 aromatic rings. The number of hydrogen-bond donors (Lipinski definition) is 1. The number of benzene rings is 5. The molecule has 0 saturated carbocycles. The molecule has 6 rings (SSSR count). The van der Waals surface area contributed by atoms with E-state index in [1.807, 2.05) is 152 Å². The first kappa shape index (κ1) is 35.3. The molecule has 0 bridgehead atoms. The van der Waals surface area contributed by atoms with Crippen molar-refractivity contribution in [2.24, 2.45) is 0 Å². The van der Waals surface area contributed by atoms with Gasteiger partial charge in [0.2, 0.25) is 0 Å². The van der Waals surface area contributed by atoms with Gasteiger partial charge in [-0.1, -0.05) is 152 Å². The summed E-state index contributed by atoms with van der Waals surface area (Å²) in [5, 5.41) is 12.7. The van der Waals surface area contributed by atoms with Crippen molar-refractivity contribution in [2.45, 2.75) is 53.9 Å². The number of alkyl halides is 2. The number of rotatable bonds is 14. The summed E-state index contributed by atoms with van der Waals surface area (Å²) in [6.45, 7) is 0.235. The van der Waals surface area contributed by atoms with Gasteiger partial charge in [-0.15, -0.1) is 23.2 Å². The van der Waals surface area contributed by atoms with Crippen LogP contribution in [0, 0.1) is 0 Å². The second-order valence-corrected chi connectivity index (χ2v) is 13.1. The second kappa shape index (κ2) is 16.4. The van der Waals surface area contributed by atoms with Crippen LogP contribution in [0.25, 0.3) is 0 Å². The highest BCUT2D eigenvalue weighted by atomic mass is 35.5. The lowest BCUT2D eigenvalue weighted by atomic mass is 9.79. The van der Waals surface area contributed by atoms with Crippen molar-refractivity contribution in [1.29, 1.82) is 0 Å². The molecule has 1 aliphatic heterocycles. The minimum absolute atomic E-state index is 0.137. The largest absolute Gasteiger partial charge is 0.381 e. The van der Waals surface area contributed by atoms with Crippen LogP contribution in [0.2, 0.25) is 0 Å². The zero-order chi connectivity index (χ0) is 34.1. The molecule has 1 N–H and O–H groups in total. The highest BCUT2D eigenvalue weighted by Crippen LogP contribution is 2.44. The van der Waals surface area contributed by atoms with Gasteiger partial charge in [-0.05, 0) is 27.8 Å². The van der Waals surface area contributed by atoms with Crippen LogP contribution in [-0.2, 0) is 42.5 Å². The lowest BCUT2D eigenvalue weighted by Crippen LogP contribution is -2.71. The van der Waals surface area contributed by atoms with E-state index in [1.54, 1.807) is 0 Å².